The maximum Gasteiger partial charge on any atom is 0.306 e. The minimum absolute atomic E-state index is 0.0102. The van der Waals surface area contributed by atoms with Gasteiger partial charge >= 0.3 is 5.97 Å². The summed E-state index contributed by atoms with van der Waals surface area (Å²) in [5.41, 5.74) is 0.156. The van der Waals surface area contributed by atoms with E-state index in [1.54, 1.807) is 0 Å². The molecule has 0 spiro atoms. The molecule has 0 N–H and O–H groups in total. The lowest BCUT2D eigenvalue weighted by Gasteiger charge is -2.37. The van der Waals surface area contributed by atoms with Gasteiger partial charge < -0.3 is 9.47 Å². The lowest BCUT2D eigenvalue weighted by molar-refractivity contribution is -0.152. The van der Waals surface area contributed by atoms with Crippen LogP contribution >= 0.6 is 0 Å². The molecule has 0 aromatic rings. The Morgan fingerprint density at radius 2 is 1.86 bits per heavy atom. The number of rotatable bonds is 4. The van der Waals surface area contributed by atoms with Crippen LogP contribution in [-0.2, 0) is 14.3 Å². The zero-order valence-electron chi connectivity index (χ0n) is 14.8. The normalized spacial score (nSPS) is 44.2. The summed E-state index contributed by atoms with van der Waals surface area (Å²) >= 11 is 0. The number of hydrogen-bond acceptors (Lipinski definition) is 3. The third-order valence-corrected chi connectivity index (χ3v) is 6.98. The monoisotopic (exact) mass is 308 g/mol. The summed E-state index contributed by atoms with van der Waals surface area (Å²) in [5, 5.41) is 0. The van der Waals surface area contributed by atoms with Crippen LogP contribution in [0, 0.1) is 29.1 Å². The van der Waals surface area contributed by atoms with E-state index in [9.17, 15) is 4.79 Å². The van der Waals surface area contributed by atoms with Crippen molar-refractivity contribution in [2.45, 2.75) is 85.0 Å². The van der Waals surface area contributed by atoms with E-state index in [0.29, 0.717) is 42.3 Å². The molecule has 22 heavy (non-hydrogen) atoms. The molecule has 2 saturated heterocycles. The molecule has 0 aromatic carbocycles. The molecule has 126 valence electrons. The van der Waals surface area contributed by atoms with Crippen molar-refractivity contribution in [3.63, 3.8) is 0 Å². The van der Waals surface area contributed by atoms with Crippen LogP contribution in [0.2, 0.25) is 0 Å². The summed E-state index contributed by atoms with van der Waals surface area (Å²) in [5.74, 6) is 2.50. The highest BCUT2D eigenvalue weighted by molar-refractivity contribution is 5.70. The van der Waals surface area contributed by atoms with E-state index in [2.05, 4.69) is 34.6 Å². The predicted octanol–water partition coefficient (Wildman–Crippen LogP) is 4.19. The van der Waals surface area contributed by atoms with Crippen molar-refractivity contribution in [2.24, 2.45) is 29.1 Å². The summed E-state index contributed by atoms with van der Waals surface area (Å²) in [7, 11) is 0. The molecule has 3 heteroatoms. The second kappa shape index (κ2) is 5.81. The van der Waals surface area contributed by atoms with Crippen LogP contribution in [0.5, 0.6) is 0 Å². The summed E-state index contributed by atoms with van der Waals surface area (Å²) in [6.45, 7) is 11.6. The highest BCUT2D eigenvalue weighted by atomic mass is 16.6. The van der Waals surface area contributed by atoms with E-state index < -0.39 is 0 Å². The smallest absolute Gasteiger partial charge is 0.306 e. The van der Waals surface area contributed by atoms with Gasteiger partial charge in [0.1, 0.15) is 6.10 Å². The van der Waals surface area contributed by atoms with Crippen LogP contribution in [0.15, 0.2) is 0 Å². The number of hydrogen-bond donors (Lipinski definition) is 0. The van der Waals surface area contributed by atoms with Crippen molar-refractivity contribution < 1.29 is 14.3 Å². The molecule has 0 amide bonds. The van der Waals surface area contributed by atoms with Crippen LogP contribution in [0.4, 0.5) is 0 Å². The SMILES string of the molecule is CC(C)C(C)[C@H]1O[C@H]1C(C)C1CCC2OC(=O)CCCC21C. The Labute approximate surface area is 135 Å². The molecular weight excluding hydrogens is 276 g/mol. The second-order valence-electron chi connectivity index (χ2n) is 8.55. The van der Waals surface area contributed by atoms with Gasteiger partial charge in [-0.3, -0.25) is 4.79 Å². The minimum atomic E-state index is 0.0102. The van der Waals surface area contributed by atoms with Crippen molar-refractivity contribution in [1.82, 2.24) is 0 Å². The van der Waals surface area contributed by atoms with Crippen LogP contribution < -0.4 is 0 Å². The van der Waals surface area contributed by atoms with Gasteiger partial charge in [-0.05, 0) is 49.4 Å². The third kappa shape index (κ3) is 2.70. The molecule has 0 bridgehead atoms. The Bertz CT molecular complexity index is 432. The van der Waals surface area contributed by atoms with Gasteiger partial charge in [0.25, 0.3) is 0 Å². The van der Waals surface area contributed by atoms with Gasteiger partial charge in [0.2, 0.25) is 0 Å². The number of ether oxygens (including phenoxy) is 2. The number of carbonyl (C=O) groups is 1. The number of carbonyl (C=O) groups excluding carboxylic acids is 1. The molecule has 1 aliphatic carbocycles. The van der Waals surface area contributed by atoms with Crippen LogP contribution in [0.3, 0.4) is 0 Å². The summed E-state index contributed by atoms with van der Waals surface area (Å²) < 4.78 is 11.8. The zero-order valence-corrected chi connectivity index (χ0v) is 14.8. The first-order chi connectivity index (χ1) is 10.3. The lowest BCUT2D eigenvalue weighted by Crippen LogP contribution is -2.38. The standard InChI is InChI=1S/C19H32O3/c1-11(2)12(3)17-18(22-17)13(4)14-8-9-15-19(14,5)10-6-7-16(20)21-15/h11-15,17-18H,6-10H2,1-5H3/t12?,13?,14?,15?,17-,18+,19?/m1/s1. The van der Waals surface area contributed by atoms with Crippen molar-refractivity contribution in [3.8, 4) is 0 Å². The number of fused-ring (bicyclic) bond motifs is 1. The molecule has 0 aromatic heterocycles. The Morgan fingerprint density at radius 3 is 2.55 bits per heavy atom. The Kier molecular flexibility index (Phi) is 4.30. The van der Waals surface area contributed by atoms with Crippen LogP contribution in [0.25, 0.3) is 0 Å². The number of esters is 1. The molecule has 3 fully saturated rings. The average Bonchev–Trinajstić information content (AvgIpc) is 3.20. The molecule has 0 radical (unpaired) electrons. The Balaban J connectivity index is 1.69. The topological polar surface area (TPSA) is 38.8 Å². The van der Waals surface area contributed by atoms with Gasteiger partial charge in [-0.25, -0.2) is 0 Å². The quantitative estimate of drug-likeness (QED) is 0.577. The fourth-order valence-electron chi connectivity index (χ4n) is 5.05. The predicted molar refractivity (Wildman–Crippen MR) is 86.4 cm³/mol. The highest BCUT2D eigenvalue weighted by Gasteiger charge is 2.57. The van der Waals surface area contributed by atoms with Crippen molar-refractivity contribution in [2.75, 3.05) is 0 Å². The van der Waals surface area contributed by atoms with Crippen LogP contribution in [-0.4, -0.2) is 24.3 Å². The van der Waals surface area contributed by atoms with E-state index >= 15 is 0 Å². The van der Waals surface area contributed by atoms with Gasteiger partial charge in [-0.1, -0.05) is 34.6 Å². The largest absolute Gasteiger partial charge is 0.462 e. The van der Waals surface area contributed by atoms with Crippen molar-refractivity contribution in [1.29, 1.82) is 0 Å². The van der Waals surface area contributed by atoms with E-state index in [4.69, 9.17) is 9.47 Å². The second-order valence-corrected chi connectivity index (χ2v) is 8.55. The van der Waals surface area contributed by atoms with E-state index in [1.165, 1.54) is 6.42 Å². The maximum atomic E-state index is 11.8. The molecule has 7 atom stereocenters. The van der Waals surface area contributed by atoms with E-state index in [-0.39, 0.29) is 17.5 Å². The number of epoxide rings is 1. The molecule has 1 saturated carbocycles. The first kappa shape index (κ1) is 16.3. The zero-order chi connectivity index (χ0) is 16.1. The van der Waals surface area contributed by atoms with E-state index in [1.807, 2.05) is 0 Å². The molecule has 3 nitrogen and oxygen atoms in total. The van der Waals surface area contributed by atoms with Gasteiger partial charge in [0, 0.05) is 11.8 Å². The third-order valence-electron chi connectivity index (χ3n) is 6.98. The lowest BCUT2D eigenvalue weighted by atomic mass is 9.68. The van der Waals surface area contributed by atoms with Crippen LogP contribution in [0.1, 0.15) is 66.7 Å². The molecule has 2 heterocycles. The molecular formula is C19H32O3. The van der Waals surface area contributed by atoms with Gasteiger partial charge in [-0.2, -0.15) is 0 Å². The molecule has 3 rings (SSSR count). The minimum Gasteiger partial charge on any atom is -0.462 e. The van der Waals surface area contributed by atoms with Gasteiger partial charge in [-0.15, -0.1) is 0 Å². The summed E-state index contributed by atoms with van der Waals surface area (Å²) in [6, 6.07) is 0. The molecule has 2 aliphatic heterocycles. The maximum absolute atomic E-state index is 11.8. The van der Waals surface area contributed by atoms with Crippen molar-refractivity contribution >= 4 is 5.97 Å². The first-order valence-corrected chi connectivity index (χ1v) is 9.19. The molecule has 3 aliphatic rings. The Hall–Kier alpha value is -0.570. The molecule has 5 unspecified atom stereocenters. The fraction of sp³-hybridized carbons (Fsp3) is 0.947. The fourth-order valence-corrected chi connectivity index (χ4v) is 5.05. The van der Waals surface area contributed by atoms with Gasteiger partial charge in [0.05, 0.1) is 12.2 Å². The van der Waals surface area contributed by atoms with Crippen molar-refractivity contribution in [3.05, 3.63) is 0 Å². The summed E-state index contributed by atoms with van der Waals surface area (Å²) in [6.07, 6.45) is 5.90. The van der Waals surface area contributed by atoms with E-state index in [0.717, 1.165) is 19.3 Å². The van der Waals surface area contributed by atoms with Gasteiger partial charge in [0.15, 0.2) is 0 Å². The first-order valence-electron chi connectivity index (χ1n) is 9.19. The summed E-state index contributed by atoms with van der Waals surface area (Å²) in [4.78, 5) is 11.8. The highest BCUT2D eigenvalue weighted by Crippen LogP contribution is 2.55. The average molecular weight is 308 g/mol. The Morgan fingerprint density at radius 1 is 1.14 bits per heavy atom.